The van der Waals surface area contributed by atoms with Gasteiger partial charge in [-0.3, -0.25) is 9.59 Å². The Morgan fingerprint density at radius 2 is 1.71 bits per heavy atom. The maximum absolute atomic E-state index is 10.4. The van der Waals surface area contributed by atoms with E-state index < -0.39 is 11.9 Å². The van der Waals surface area contributed by atoms with E-state index in [0.717, 1.165) is 12.8 Å². The maximum Gasteiger partial charge on any atom is 0.307 e. The third kappa shape index (κ3) is 20.3. The smallest absolute Gasteiger partial charge is 0.307 e. The lowest BCUT2D eigenvalue weighted by Gasteiger charge is -2.11. The van der Waals surface area contributed by atoms with Crippen LogP contribution in [0.5, 0.6) is 0 Å². The average Bonchev–Trinajstić information content (AvgIpc) is 2.41. The first-order chi connectivity index (χ1) is 9.81. The van der Waals surface area contributed by atoms with Crippen LogP contribution >= 0.6 is 0 Å². The molecule has 3 N–H and O–H groups in total. The van der Waals surface area contributed by atoms with E-state index in [2.05, 4.69) is 11.8 Å². The molecule has 2 unspecified atom stereocenters. The zero-order valence-electron chi connectivity index (χ0n) is 13.2. The highest BCUT2D eigenvalue weighted by atomic mass is 16.4. The number of aliphatic hydroxyl groups is 1. The monoisotopic (exact) mass is 298 g/mol. The van der Waals surface area contributed by atoms with Gasteiger partial charge in [-0.1, -0.05) is 33.6 Å². The second-order valence-electron chi connectivity index (χ2n) is 4.09. The van der Waals surface area contributed by atoms with E-state index in [1.165, 1.54) is 0 Å². The van der Waals surface area contributed by atoms with E-state index in [9.17, 15) is 9.59 Å². The van der Waals surface area contributed by atoms with Crippen LogP contribution in [0.4, 0.5) is 0 Å². The van der Waals surface area contributed by atoms with Crippen molar-refractivity contribution >= 4 is 11.9 Å². The second-order valence-corrected chi connectivity index (χ2v) is 4.09. The Kier molecular flexibility index (Phi) is 20.3. The third-order valence-corrected chi connectivity index (χ3v) is 2.34. The van der Waals surface area contributed by atoms with Crippen molar-refractivity contribution in [2.24, 2.45) is 11.8 Å². The van der Waals surface area contributed by atoms with Crippen LogP contribution in [0.2, 0.25) is 0 Å². The van der Waals surface area contributed by atoms with Gasteiger partial charge in [-0.15, -0.1) is 12.3 Å². The predicted octanol–water partition coefficient (Wildman–Crippen LogP) is 2.97. The minimum Gasteiger partial charge on any atom is -0.481 e. The van der Waals surface area contributed by atoms with Crippen LogP contribution < -0.4 is 0 Å². The van der Waals surface area contributed by atoms with Gasteiger partial charge in [-0.2, -0.15) is 0 Å². The fourth-order valence-electron chi connectivity index (χ4n) is 1.15. The number of carboxylic acid groups (broad SMARTS) is 2. The predicted molar refractivity (Wildman–Crippen MR) is 82.0 cm³/mol. The molecule has 0 saturated heterocycles. The van der Waals surface area contributed by atoms with E-state index in [-0.39, 0.29) is 11.8 Å². The van der Waals surface area contributed by atoms with Crippen molar-refractivity contribution in [1.82, 2.24) is 0 Å². The second kappa shape index (κ2) is 17.9. The minimum atomic E-state index is -0.798. The zero-order chi connectivity index (χ0) is 17.3. The topological polar surface area (TPSA) is 94.8 Å². The molecule has 0 saturated carbocycles. The summed E-state index contributed by atoms with van der Waals surface area (Å²) in [7, 11) is 0. The molecule has 0 aromatic heterocycles. The number of terminal acetylenes is 1. The molecule has 0 rings (SSSR count). The first-order valence-corrected chi connectivity index (χ1v) is 6.84. The van der Waals surface area contributed by atoms with Gasteiger partial charge in [0.15, 0.2) is 0 Å². The molecule has 5 nitrogen and oxygen atoms in total. The van der Waals surface area contributed by atoms with Crippen LogP contribution in [0.15, 0.2) is 0 Å². The molecule has 0 radical (unpaired) electrons. The molecule has 2 atom stereocenters. The van der Waals surface area contributed by atoms with Gasteiger partial charge in [-0.05, 0) is 12.8 Å². The standard InChI is InChI=1S/C8H12O2.C4H8O2.C4H6O/c1-4-6(3)7(5-2)8(9)10;1-2-3-4(5)6;1-2-3-4-5/h1,6-7H,5H2,2-3H3,(H,9,10);2-3H2,1H3,(H,5,6);5H,2H2,1H3. The molecule has 0 bridgehead atoms. The normalized spacial score (nSPS) is 10.8. The summed E-state index contributed by atoms with van der Waals surface area (Å²) in [5, 5.41) is 24.2. The number of aliphatic hydroxyl groups excluding tert-OH is 1. The lowest BCUT2D eigenvalue weighted by atomic mass is 9.93. The zero-order valence-corrected chi connectivity index (χ0v) is 13.2. The van der Waals surface area contributed by atoms with E-state index >= 15 is 0 Å². The summed E-state index contributed by atoms with van der Waals surface area (Å²) in [6.07, 6.45) is 9.19. The van der Waals surface area contributed by atoms with Crippen LogP contribution in [-0.4, -0.2) is 27.3 Å². The molecule has 0 heterocycles. The average molecular weight is 298 g/mol. The van der Waals surface area contributed by atoms with Crippen LogP contribution in [0.1, 0.15) is 53.4 Å². The van der Waals surface area contributed by atoms with E-state index in [0.29, 0.717) is 12.8 Å². The van der Waals surface area contributed by atoms with E-state index in [1.807, 2.05) is 20.8 Å². The van der Waals surface area contributed by atoms with Crippen molar-refractivity contribution in [3.05, 3.63) is 0 Å². The Labute approximate surface area is 127 Å². The lowest BCUT2D eigenvalue weighted by Crippen LogP contribution is -2.19. The molecule has 0 aliphatic heterocycles. The van der Waals surface area contributed by atoms with Crippen molar-refractivity contribution in [3.8, 4) is 24.4 Å². The van der Waals surface area contributed by atoms with Gasteiger partial charge in [0.05, 0.1) is 5.92 Å². The Morgan fingerprint density at radius 1 is 1.19 bits per heavy atom. The third-order valence-electron chi connectivity index (χ3n) is 2.34. The van der Waals surface area contributed by atoms with Gasteiger partial charge < -0.3 is 15.3 Å². The summed E-state index contributed by atoms with van der Waals surface area (Å²) in [4.78, 5) is 20.0. The summed E-state index contributed by atoms with van der Waals surface area (Å²) in [5.74, 6) is 2.78. The Morgan fingerprint density at radius 3 is 1.76 bits per heavy atom. The highest BCUT2D eigenvalue weighted by Crippen LogP contribution is 2.13. The molecule has 0 aliphatic carbocycles. The maximum atomic E-state index is 10.4. The van der Waals surface area contributed by atoms with E-state index in [4.69, 9.17) is 21.7 Å². The summed E-state index contributed by atoms with van der Waals surface area (Å²) in [6, 6.07) is 0. The highest BCUT2D eigenvalue weighted by Gasteiger charge is 2.20. The molecular weight excluding hydrogens is 272 g/mol. The lowest BCUT2D eigenvalue weighted by molar-refractivity contribution is -0.143. The van der Waals surface area contributed by atoms with Gasteiger partial charge in [0.1, 0.15) is 6.11 Å². The summed E-state index contributed by atoms with van der Waals surface area (Å²) >= 11 is 0. The molecule has 0 amide bonds. The van der Waals surface area contributed by atoms with Crippen LogP contribution in [-0.2, 0) is 9.59 Å². The number of hydrogen-bond donors (Lipinski definition) is 3. The first-order valence-electron chi connectivity index (χ1n) is 6.84. The largest absolute Gasteiger partial charge is 0.481 e. The van der Waals surface area contributed by atoms with Crippen molar-refractivity contribution in [2.45, 2.75) is 53.4 Å². The van der Waals surface area contributed by atoms with Crippen LogP contribution in [0, 0.1) is 36.2 Å². The number of hydrogen-bond acceptors (Lipinski definition) is 3. The van der Waals surface area contributed by atoms with Gasteiger partial charge >= 0.3 is 11.9 Å². The van der Waals surface area contributed by atoms with Gasteiger partial charge in [0.25, 0.3) is 0 Å². The number of carbonyl (C=O) groups is 2. The van der Waals surface area contributed by atoms with Crippen molar-refractivity contribution in [2.75, 3.05) is 0 Å². The molecule has 0 aromatic rings. The van der Waals surface area contributed by atoms with Crippen molar-refractivity contribution in [1.29, 1.82) is 0 Å². The fourth-order valence-corrected chi connectivity index (χ4v) is 1.15. The Balaban J connectivity index is -0.000000252. The summed E-state index contributed by atoms with van der Waals surface area (Å²) < 4.78 is 0. The van der Waals surface area contributed by atoms with Gasteiger partial charge in [0, 0.05) is 18.8 Å². The van der Waals surface area contributed by atoms with Gasteiger partial charge in [0.2, 0.25) is 0 Å². The Bertz CT molecular complexity index is 370. The van der Waals surface area contributed by atoms with Crippen molar-refractivity contribution < 1.29 is 24.9 Å². The van der Waals surface area contributed by atoms with E-state index in [1.54, 1.807) is 13.0 Å². The summed E-state index contributed by atoms with van der Waals surface area (Å²) in [6.45, 7) is 7.30. The minimum absolute atomic E-state index is 0.164. The molecule has 0 aliphatic rings. The Hall–Kier alpha value is -2.14. The van der Waals surface area contributed by atoms with Crippen LogP contribution in [0.25, 0.3) is 0 Å². The number of carboxylic acids is 2. The fraction of sp³-hybridized carbons (Fsp3) is 0.625. The molecular formula is C16H26O5. The summed E-state index contributed by atoms with van der Waals surface area (Å²) in [5.41, 5.74) is 0. The molecule has 5 heteroatoms. The van der Waals surface area contributed by atoms with Crippen molar-refractivity contribution in [3.63, 3.8) is 0 Å². The molecule has 0 fully saturated rings. The highest BCUT2D eigenvalue weighted by molar-refractivity contribution is 5.70. The van der Waals surface area contributed by atoms with Crippen LogP contribution in [0.3, 0.4) is 0 Å². The molecule has 21 heavy (non-hydrogen) atoms. The first kappa shape index (κ1) is 23.9. The SMILES string of the molecule is C#CC(C)C(CC)C(=O)O.CCC#CO.CCCC(=O)O. The quantitative estimate of drug-likeness (QED) is 0.678. The molecule has 120 valence electrons. The number of aliphatic carboxylic acids is 2. The number of rotatable bonds is 5. The molecule has 0 aromatic carbocycles. The molecule has 0 spiro atoms. The van der Waals surface area contributed by atoms with Gasteiger partial charge in [-0.25, -0.2) is 0 Å².